The number of aryl methyl sites for hydroxylation is 1. The van der Waals surface area contributed by atoms with Crippen molar-refractivity contribution in [2.24, 2.45) is 0 Å². The topological polar surface area (TPSA) is 102 Å². The van der Waals surface area contributed by atoms with E-state index in [2.05, 4.69) is 0 Å². The lowest BCUT2D eigenvalue weighted by atomic mass is 10.00. The van der Waals surface area contributed by atoms with E-state index in [1.165, 1.54) is 25.6 Å². The molecule has 0 spiro atoms. The van der Waals surface area contributed by atoms with Gasteiger partial charge in [0.15, 0.2) is 12.2 Å². The van der Waals surface area contributed by atoms with E-state index < -0.39 is 48.4 Å². The van der Waals surface area contributed by atoms with Gasteiger partial charge in [-0.15, -0.1) is 0 Å². The van der Waals surface area contributed by atoms with Crippen LogP contribution in [0.4, 0.5) is 0 Å². The van der Waals surface area contributed by atoms with Crippen molar-refractivity contribution in [2.75, 3.05) is 6.61 Å². The van der Waals surface area contributed by atoms with E-state index in [0.717, 1.165) is 10.5 Å². The zero-order valence-corrected chi connectivity index (χ0v) is 15.1. The maximum absolute atomic E-state index is 11.5. The third-order valence-electron chi connectivity index (χ3n) is 3.68. The number of benzene rings is 1. The van der Waals surface area contributed by atoms with Crippen molar-refractivity contribution in [1.82, 2.24) is 0 Å². The van der Waals surface area contributed by atoms with E-state index in [9.17, 15) is 19.8 Å². The molecule has 0 radical (unpaired) electrons. The van der Waals surface area contributed by atoms with Gasteiger partial charge in [-0.25, -0.2) is 0 Å². The number of hydrogen-bond donors (Lipinski definition) is 2. The molecular formula is C17H22O7S. The maximum Gasteiger partial charge on any atom is 0.303 e. The molecule has 1 aromatic carbocycles. The van der Waals surface area contributed by atoms with Gasteiger partial charge in [0.25, 0.3) is 0 Å². The summed E-state index contributed by atoms with van der Waals surface area (Å²) >= 11 is 1.26. The van der Waals surface area contributed by atoms with Crippen LogP contribution in [0.3, 0.4) is 0 Å². The van der Waals surface area contributed by atoms with Gasteiger partial charge in [0.05, 0.1) is 6.61 Å². The molecule has 0 aromatic heterocycles. The summed E-state index contributed by atoms with van der Waals surface area (Å²) in [6.45, 7) is 3.92. The molecule has 0 aliphatic carbocycles. The van der Waals surface area contributed by atoms with Crippen molar-refractivity contribution in [3.63, 3.8) is 0 Å². The van der Waals surface area contributed by atoms with Crippen LogP contribution in [-0.2, 0) is 23.8 Å². The summed E-state index contributed by atoms with van der Waals surface area (Å²) < 4.78 is 16.1. The van der Waals surface area contributed by atoms with Crippen LogP contribution in [0.1, 0.15) is 19.4 Å². The van der Waals surface area contributed by atoms with Gasteiger partial charge in [-0.05, 0) is 19.1 Å². The summed E-state index contributed by atoms with van der Waals surface area (Å²) in [5.41, 5.74) is 0.336. The van der Waals surface area contributed by atoms with Gasteiger partial charge in [0.2, 0.25) is 0 Å². The SMILES string of the molecule is CC(=O)O[C@@H]1[C@@H](OC(C)=O)[C@H](O)[C@@H](CO)O[C@H]1Sc1ccc(C)cc1. The summed E-state index contributed by atoms with van der Waals surface area (Å²) in [7, 11) is 0. The molecule has 2 N–H and O–H groups in total. The molecule has 25 heavy (non-hydrogen) atoms. The number of esters is 2. The van der Waals surface area contributed by atoms with Crippen molar-refractivity contribution in [1.29, 1.82) is 0 Å². The molecule has 1 aromatic rings. The second-order valence-corrected chi connectivity index (χ2v) is 6.97. The lowest BCUT2D eigenvalue weighted by Crippen LogP contribution is -2.60. The molecule has 0 bridgehead atoms. The molecule has 0 unspecified atom stereocenters. The number of aliphatic hydroxyl groups is 2. The summed E-state index contributed by atoms with van der Waals surface area (Å²) in [4.78, 5) is 23.7. The Bertz CT molecular complexity index is 604. The Morgan fingerprint density at radius 3 is 2.20 bits per heavy atom. The predicted molar refractivity (Wildman–Crippen MR) is 89.9 cm³/mol. The Morgan fingerprint density at radius 1 is 1.12 bits per heavy atom. The fraction of sp³-hybridized carbons (Fsp3) is 0.529. The lowest BCUT2D eigenvalue weighted by Gasteiger charge is -2.42. The first-order valence-electron chi connectivity index (χ1n) is 7.84. The van der Waals surface area contributed by atoms with Gasteiger partial charge in [0, 0.05) is 18.7 Å². The van der Waals surface area contributed by atoms with E-state index >= 15 is 0 Å². The van der Waals surface area contributed by atoms with Crippen LogP contribution >= 0.6 is 11.8 Å². The van der Waals surface area contributed by atoms with Crippen LogP contribution in [0.5, 0.6) is 0 Å². The van der Waals surface area contributed by atoms with Crippen LogP contribution < -0.4 is 0 Å². The zero-order valence-electron chi connectivity index (χ0n) is 14.2. The van der Waals surface area contributed by atoms with E-state index in [0.29, 0.717) is 0 Å². The van der Waals surface area contributed by atoms with Crippen molar-refractivity contribution < 1.29 is 34.0 Å². The highest BCUT2D eigenvalue weighted by Gasteiger charge is 2.49. The average Bonchev–Trinajstić information content (AvgIpc) is 2.54. The molecule has 0 saturated carbocycles. The number of carbonyl (C=O) groups is 2. The molecule has 0 amide bonds. The van der Waals surface area contributed by atoms with Gasteiger partial charge in [-0.3, -0.25) is 9.59 Å². The first kappa shape index (κ1) is 19.7. The second kappa shape index (κ2) is 8.66. The van der Waals surface area contributed by atoms with Crippen LogP contribution in [0.15, 0.2) is 29.2 Å². The largest absolute Gasteiger partial charge is 0.456 e. The monoisotopic (exact) mass is 370 g/mol. The minimum Gasteiger partial charge on any atom is -0.456 e. The van der Waals surface area contributed by atoms with E-state index in [4.69, 9.17) is 14.2 Å². The van der Waals surface area contributed by atoms with Crippen molar-refractivity contribution in [2.45, 2.75) is 55.5 Å². The minimum absolute atomic E-state index is 0.462. The van der Waals surface area contributed by atoms with Crippen LogP contribution in [-0.4, -0.2) is 58.6 Å². The smallest absolute Gasteiger partial charge is 0.303 e. The standard InChI is InChI=1S/C17H22O7S/c1-9-4-6-12(7-5-9)25-17-16(23-11(3)20)15(22-10(2)19)14(21)13(8-18)24-17/h4-7,13-18,21H,8H2,1-3H3/t13-,14-,15+,16-,17+/m1/s1. The number of rotatable bonds is 5. The van der Waals surface area contributed by atoms with Crippen LogP contribution in [0.25, 0.3) is 0 Å². The molecule has 1 saturated heterocycles. The van der Waals surface area contributed by atoms with Gasteiger partial charge in [-0.1, -0.05) is 29.5 Å². The molecule has 1 aliphatic rings. The molecule has 8 heteroatoms. The number of ether oxygens (including phenoxy) is 3. The van der Waals surface area contributed by atoms with Crippen molar-refractivity contribution >= 4 is 23.7 Å². The molecule has 138 valence electrons. The molecule has 5 atom stereocenters. The van der Waals surface area contributed by atoms with E-state index in [1.54, 1.807) is 0 Å². The van der Waals surface area contributed by atoms with E-state index in [-0.39, 0.29) is 0 Å². The molecular weight excluding hydrogens is 348 g/mol. The van der Waals surface area contributed by atoms with Gasteiger partial charge < -0.3 is 24.4 Å². The van der Waals surface area contributed by atoms with Gasteiger partial charge in [0.1, 0.15) is 17.6 Å². The quantitative estimate of drug-likeness (QED) is 0.741. The number of carbonyl (C=O) groups excluding carboxylic acids is 2. The Morgan fingerprint density at radius 2 is 1.68 bits per heavy atom. The summed E-state index contributed by atoms with van der Waals surface area (Å²) in [6, 6.07) is 7.61. The first-order valence-corrected chi connectivity index (χ1v) is 8.72. The third kappa shape index (κ3) is 5.18. The van der Waals surface area contributed by atoms with Crippen molar-refractivity contribution in [3.05, 3.63) is 29.8 Å². The average molecular weight is 370 g/mol. The van der Waals surface area contributed by atoms with Crippen LogP contribution in [0, 0.1) is 6.92 Å². The summed E-state index contributed by atoms with van der Waals surface area (Å²) in [6.07, 6.45) is -4.41. The molecule has 1 heterocycles. The Labute approximate surface area is 150 Å². The fourth-order valence-electron chi connectivity index (χ4n) is 2.53. The second-order valence-electron chi connectivity index (χ2n) is 5.80. The Hall–Kier alpha value is -1.61. The highest BCUT2D eigenvalue weighted by Crippen LogP contribution is 2.36. The first-order chi connectivity index (χ1) is 11.8. The highest BCUT2D eigenvalue weighted by atomic mass is 32.2. The molecule has 1 fully saturated rings. The van der Waals surface area contributed by atoms with E-state index in [1.807, 2.05) is 31.2 Å². The maximum atomic E-state index is 11.5. The summed E-state index contributed by atoms with van der Waals surface area (Å²) in [5, 5.41) is 19.8. The van der Waals surface area contributed by atoms with Crippen molar-refractivity contribution in [3.8, 4) is 0 Å². The minimum atomic E-state index is -1.31. The van der Waals surface area contributed by atoms with Gasteiger partial charge in [-0.2, -0.15) is 0 Å². The fourth-order valence-corrected chi connectivity index (χ4v) is 3.63. The number of aliphatic hydroxyl groups excluding tert-OH is 2. The predicted octanol–water partition coefficient (Wildman–Crippen LogP) is 1.03. The Balaban J connectivity index is 2.29. The van der Waals surface area contributed by atoms with Crippen LogP contribution in [0.2, 0.25) is 0 Å². The lowest BCUT2D eigenvalue weighted by molar-refractivity contribution is -0.228. The van der Waals surface area contributed by atoms with Gasteiger partial charge >= 0.3 is 11.9 Å². The highest BCUT2D eigenvalue weighted by molar-refractivity contribution is 7.99. The third-order valence-corrected chi connectivity index (χ3v) is 4.83. The Kier molecular flexibility index (Phi) is 6.83. The normalized spacial score (nSPS) is 29.1. The molecule has 2 rings (SSSR count). The summed E-state index contributed by atoms with van der Waals surface area (Å²) in [5.74, 6) is -1.21. The zero-order chi connectivity index (χ0) is 18.6. The molecule has 7 nitrogen and oxygen atoms in total. The molecule has 1 aliphatic heterocycles. The number of thioether (sulfide) groups is 1. The number of hydrogen-bond acceptors (Lipinski definition) is 8.